The third kappa shape index (κ3) is 4.18. The van der Waals surface area contributed by atoms with Crippen molar-refractivity contribution in [2.24, 2.45) is 0 Å². The summed E-state index contributed by atoms with van der Waals surface area (Å²) in [6, 6.07) is 10.2. The Morgan fingerprint density at radius 2 is 1.96 bits per heavy atom. The van der Waals surface area contributed by atoms with Gasteiger partial charge in [-0.25, -0.2) is 10.2 Å². The summed E-state index contributed by atoms with van der Waals surface area (Å²) in [5.74, 6) is 0.00309. The minimum Gasteiger partial charge on any atom is -0.335 e. The first-order chi connectivity index (χ1) is 12.2. The van der Waals surface area contributed by atoms with Gasteiger partial charge in [0.25, 0.3) is 0 Å². The summed E-state index contributed by atoms with van der Waals surface area (Å²) in [5, 5.41) is 2.81. The van der Waals surface area contributed by atoms with E-state index in [2.05, 4.69) is 39.8 Å². The highest BCUT2D eigenvalue weighted by Gasteiger charge is 2.36. The fourth-order valence-corrected chi connectivity index (χ4v) is 3.45. The molecule has 0 aromatic heterocycles. The molecule has 3 N–H and O–H groups in total. The smallest absolute Gasteiger partial charge is 0.317 e. The standard InChI is InChI=1S/C18H25N5O2/c1-2-8-19-18(25)23-11-9-22(10-12-23)15-13-16(24)20-21-17(15)14-6-4-3-5-7-14/h2-7,15,17,21H,1,8-13H2,(H,19,25)(H,20,24). The Balaban J connectivity index is 1.64. The van der Waals surface area contributed by atoms with Crippen molar-refractivity contribution in [3.05, 3.63) is 48.6 Å². The molecule has 0 spiro atoms. The molecule has 7 heteroatoms. The molecule has 0 bridgehead atoms. The minimum absolute atomic E-state index is 0.00309. The number of urea groups is 1. The van der Waals surface area contributed by atoms with Crippen molar-refractivity contribution in [1.29, 1.82) is 0 Å². The van der Waals surface area contributed by atoms with Crippen LogP contribution in [0, 0.1) is 0 Å². The van der Waals surface area contributed by atoms with Gasteiger partial charge in [-0.3, -0.25) is 15.1 Å². The van der Waals surface area contributed by atoms with Gasteiger partial charge < -0.3 is 10.2 Å². The van der Waals surface area contributed by atoms with Gasteiger partial charge in [-0.2, -0.15) is 0 Å². The zero-order valence-corrected chi connectivity index (χ0v) is 14.3. The van der Waals surface area contributed by atoms with E-state index in [0.29, 0.717) is 26.1 Å². The number of hydrogen-bond donors (Lipinski definition) is 3. The first-order valence-corrected chi connectivity index (χ1v) is 8.66. The lowest BCUT2D eigenvalue weighted by Crippen LogP contribution is -2.61. The number of carbonyl (C=O) groups excluding carboxylic acids is 2. The highest BCUT2D eigenvalue weighted by Crippen LogP contribution is 2.26. The third-order valence-corrected chi connectivity index (χ3v) is 4.77. The van der Waals surface area contributed by atoms with Gasteiger partial charge in [0, 0.05) is 45.2 Å². The van der Waals surface area contributed by atoms with Gasteiger partial charge in [-0.1, -0.05) is 36.4 Å². The average Bonchev–Trinajstić information content (AvgIpc) is 2.67. The van der Waals surface area contributed by atoms with Crippen molar-refractivity contribution in [3.8, 4) is 0 Å². The van der Waals surface area contributed by atoms with Gasteiger partial charge in [0.1, 0.15) is 0 Å². The van der Waals surface area contributed by atoms with Crippen molar-refractivity contribution in [2.75, 3.05) is 32.7 Å². The summed E-state index contributed by atoms with van der Waals surface area (Å²) in [6.07, 6.45) is 2.13. The Kier molecular flexibility index (Phi) is 5.67. The molecular weight excluding hydrogens is 318 g/mol. The van der Waals surface area contributed by atoms with Crippen LogP contribution in [0.15, 0.2) is 43.0 Å². The average molecular weight is 343 g/mol. The van der Waals surface area contributed by atoms with E-state index in [1.807, 2.05) is 23.1 Å². The van der Waals surface area contributed by atoms with Gasteiger partial charge in [-0.15, -0.1) is 6.58 Å². The molecule has 0 saturated carbocycles. The van der Waals surface area contributed by atoms with Gasteiger partial charge in [-0.05, 0) is 5.56 Å². The lowest BCUT2D eigenvalue weighted by Gasteiger charge is -2.44. The van der Waals surface area contributed by atoms with Gasteiger partial charge in [0.2, 0.25) is 5.91 Å². The second-order valence-corrected chi connectivity index (χ2v) is 6.35. The Labute approximate surface area is 148 Å². The minimum atomic E-state index is -0.0568. The predicted octanol–water partition coefficient (Wildman–Crippen LogP) is 0.634. The molecule has 134 valence electrons. The maximum Gasteiger partial charge on any atom is 0.317 e. The lowest BCUT2D eigenvalue weighted by atomic mass is 9.93. The van der Waals surface area contributed by atoms with Crippen LogP contribution in [0.3, 0.4) is 0 Å². The van der Waals surface area contributed by atoms with E-state index in [0.717, 1.165) is 18.7 Å². The number of hydrogen-bond acceptors (Lipinski definition) is 4. The van der Waals surface area contributed by atoms with Crippen LogP contribution in [0.2, 0.25) is 0 Å². The van der Waals surface area contributed by atoms with Crippen LogP contribution in [0.25, 0.3) is 0 Å². The van der Waals surface area contributed by atoms with Crippen LogP contribution in [0.1, 0.15) is 18.0 Å². The summed E-state index contributed by atoms with van der Waals surface area (Å²) < 4.78 is 0. The van der Waals surface area contributed by atoms with E-state index in [4.69, 9.17) is 0 Å². The predicted molar refractivity (Wildman–Crippen MR) is 95.6 cm³/mol. The maximum atomic E-state index is 12.0. The maximum absolute atomic E-state index is 12.0. The van der Waals surface area contributed by atoms with Crippen LogP contribution in [0.4, 0.5) is 4.79 Å². The number of rotatable bonds is 4. The molecule has 2 saturated heterocycles. The first-order valence-electron chi connectivity index (χ1n) is 8.66. The van der Waals surface area contributed by atoms with E-state index in [1.165, 1.54) is 0 Å². The highest BCUT2D eigenvalue weighted by molar-refractivity contribution is 5.77. The summed E-state index contributed by atoms with van der Waals surface area (Å²) in [7, 11) is 0. The van der Waals surface area contributed by atoms with E-state index < -0.39 is 0 Å². The Hall–Kier alpha value is -2.38. The first kappa shape index (κ1) is 17.4. The number of amides is 3. The summed E-state index contributed by atoms with van der Waals surface area (Å²) in [4.78, 5) is 28.1. The number of hydrazine groups is 1. The highest BCUT2D eigenvalue weighted by atomic mass is 16.2. The normalized spacial score (nSPS) is 24.5. The van der Waals surface area contributed by atoms with E-state index in [9.17, 15) is 9.59 Å². The molecule has 1 aromatic carbocycles. The molecule has 3 rings (SSSR count). The van der Waals surface area contributed by atoms with Crippen LogP contribution in [-0.2, 0) is 4.79 Å². The Morgan fingerprint density at radius 3 is 2.64 bits per heavy atom. The third-order valence-electron chi connectivity index (χ3n) is 4.77. The van der Waals surface area contributed by atoms with E-state index in [-0.39, 0.29) is 24.0 Å². The molecule has 2 unspecified atom stereocenters. The van der Waals surface area contributed by atoms with Crippen molar-refractivity contribution < 1.29 is 9.59 Å². The second-order valence-electron chi connectivity index (χ2n) is 6.35. The molecule has 3 amide bonds. The molecule has 0 aliphatic carbocycles. The Bertz CT molecular complexity index is 613. The summed E-state index contributed by atoms with van der Waals surface area (Å²) in [6.45, 7) is 6.90. The Morgan fingerprint density at radius 1 is 1.24 bits per heavy atom. The molecule has 0 radical (unpaired) electrons. The van der Waals surface area contributed by atoms with E-state index in [1.54, 1.807) is 6.08 Å². The molecule has 2 fully saturated rings. The quantitative estimate of drug-likeness (QED) is 0.701. The zero-order valence-electron chi connectivity index (χ0n) is 14.3. The molecule has 2 aliphatic heterocycles. The number of benzene rings is 1. The fraction of sp³-hybridized carbons (Fsp3) is 0.444. The zero-order chi connectivity index (χ0) is 17.6. The monoisotopic (exact) mass is 343 g/mol. The molecule has 2 atom stereocenters. The van der Waals surface area contributed by atoms with Crippen molar-refractivity contribution >= 4 is 11.9 Å². The molecular formula is C18H25N5O2. The number of nitrogens with zero attached hydrogens (tertiary/aromatic N) is 2. The van der Waals surface area contributed by atoms with Crippen LogP contribution >= 0.6 is 0 Å². The topological polar surface area (TPSA) is 76.7 Å². The number of carbonyl (C=O) groups is 2. The molecule has 1 aromatic rings. The van der Waals surface area contributed by atoms with E-state index >= 15 is 0 Å². The SMILES string of the molecule is C=CCNC(=O)N1CCN(C2CC(=O)NNC2c2ccccc2)CC1. The fourth-order valence-electron chi connectivity index (χ4n) is 3.45. The van der Waals surface area contributed by atoms with Gasteiger partial charge in [0.05, 0.1) is 6.04 Å². The lowest BCUT2D eigenvalue weighted by molar-refractivity contribution is -0.127. The van der Waals surface area contributed by atoms with Crippen molar-refractivity contribution in [3.63, 3.8) is 0 Å². The largest absolute Gasteiger partial charge is 0.335 e. The van der Waals surface area contributed by atoms with Gasteiger partial charge in [0.15, 0.2) is 0 Å². The number of piperazine rings is 1. The number of nitrogens with one attached hydrogen (secondary N) is 3. The summed E-state index contributed by atoms with van der Waals surface area (Å²) >= 11 is 0. The van der Waals surface area contributed by atoms with Crippen molar-refractivity contribution in [1.82, 2.24) is 26.0 Å². The van der Waals surface area contributed by atoms with Crippen molar-refractivity contribution in [2.45, 2.75) is 18.5 Å². The van der Waals surface area contributed by atoms with Crippen LogP contribution < -0.4 is 16.2 Å². The van der Waals surface area contributed by atoms with Crippen LogP contribution in [0.5, 0.6) is 0 Å². The summed E-state index contributed by atoms with van der Waals surface area (Å²) in [5.41, 5.74) is 7.05. The second kappa shape index (κ2) is 8.13. The molecule has 7 nitrogen and oxygen atoms in total. The van der Waals surface area contributed by atoms with Crippen LogP contribution in [-0.4, -0.2) is 60.5 Å². The molecule has 25 heavy (non-hydrogen) atoms. The van der Waals surface area contributed by atoms with Gasteiger partial charge >= 0.3 is 6.03 Å². The molecule has 2 aliphatic rings. The molecule has 2 heterocycles.